The van der Waals surface area contributed by atoms with Gasteiger partial charge in [0.25, 0.3) is 0 Å². The van der Waals surface area contributed by atoms with Crippen molar-refractivity contribution >= 4 is 22.9 Å². The fourth-order valence-electron chi connectivity index (χ4n) is 4.57. The second kappa shape index (κ2) is 9.38. The van der Waals surface area contributed by atoms with Crippen LogP contribution in [-0.2, 0) is 4.79 Å². The van der Waals surface area contributed by atoms with Crippen molar-refractivity contribution < 1.29 is 4.79 Å². The Bertz CT molecular complexity index is 1050. The Morgan fingerprint density at radius 1 is 1.26 bits per heavy atom. The van der Waals surface area contributed by atoms with Crippen molar-refractivity contribution in [2.75, 3.05) is 29.9 Å². The lowest BCUT2D eigenvalue weighted by Gasteiger charge is -2.40. The zero-order chi connectivity index (χ0) is 21.8. The summed E-state index contributed by atoms with van der Waals surface area (Å²) in [5.74, 6) is 6.04. The number of rotatable bonds is 3. The van der Waals surface area contributed by atoms with Gasteiger partial charge in [0.1, 0.15) is 0 Å². The van der Waals surface area contributed by atoms with Crippen molar-refractivity contribution in [2.45, 2.75) is 38.8 Å². The summed E-state index contributed by atoms with van der Waals surface area (Å²) in [4.78, 5) is 14.3. The molecular weight excluding hydrogens is 384 g/mol. The fourth-order valence-corrected chi connectivity index (χ4v) is 4.57. The van der Waals surface area contributed by atoms with Crippen LogP contribution in [0.1, 0.15) is 49.4 Å². The molecule has 0 bridgehead atoms. The Balaban J connectivity index is 1.67. The molecule has 0 spiro atoms. The molecule has 2 heterocycles. The van der Waals surface area contributed by atoms with Crippen LogP contribution in [-0.4, -0.2) is 31.6 Å². The summed E-state index contributed by atoms with van der Waals surface area (Å²) in [6.07, 6.45) is 4.14. The molecule has 5 nitrogen and oxygen atoms in total. The van der Waals surface area contributed by atoms with Crippen LogP contribution in [0.25, 0.3) is 5.57 Å². The van der Waals surface area contributed by atoms with Crippen LogP contribution in [0.3, 0.4) is 0 Å². The number of anilines is 2. The Hall–Kier alpha value is -3.07. The van der Waals surface area contributed by atoms with Gasteiger partial charge in [-0.2, -0.15) is 0 Å². The maximum atomic E-state index is 12.4. The number of carbonyl (C=O) groups is 1. The Kier molecular flexibility index (Phi) is 6.41. The molecule has 160 valence electrons. The van der Waals surface area contributed by atoms with Gasteiger partial charge in [-0.3, -0.25) is 4.79 Å². The summed E-state index contributed by atoms with van der Waals surface area (Å²) in [5.41, 5.74) is 12.3. The van der Waals surface area contributed by atoms with E-state index in [1.807, 2.05) is 17.0 Å². The van der Waals surface area contributed by atoms with Crippen LogP contribution < -0.4 is 21.3 Å². The summed E-state index contributed by atoms with van der Waals surface area (Å²) in [6, 6.07) is 14.9. The lowest BCUT2D eigenvalue weighted by atomic mass is 9.88. The van der Waals surface area contributed by atoms with Crippen molar-refractivity contribution in [3.63, 3.8) is 0 Å². The number of fused-ring (bicyclic) bond motifs is 1. The molecule has 0 saturated heterocycles. The minimum absolute atomic E-state index is 0.0869. The van der Waals surface area contributed by atoms with Gasteiger partial charge in [0.2, 0.25) is 5.91 Å². The van der Waals surface area contributed by atoms with Gasteiger partial charge in [-0.25, -0.2) is 0 Å². The molecule has 2 aliphatic rings. The van der Waals surface area contributed by atoms with E-state index in [2.05, 4.69) is 65.8 Å². The summed E-state index contributed by atoms with van der Waals surface area (Å²) >= 11 is 0. The van der Waals surface area contributed by atoms with Gasteiger partial charge in [-0.15, -0.1) is 0 Å². The first-order valence-electron chi connectivity index (χ1n) is 11.0. The van der Waals surface area contributed by atoms with Crippen LogP contribution in [0, 0.1) is 11.8 Å². The number of nitrogens with two attached hydrogens (primary N) is 1. The standard InChI is InChI=1S/C26H30N4O/c1-18-16-25(29-23-8-5-20(6-9-23)4-3-13-27)24-17-22(21-11-14-28-15-12-21)7-10-26(24)30(18)19(2)31/h5-11,17-18,25,28-29H,12-16,27H2,1-2H3/t18-,25+/m0/s1. The van der Waals surface area contributed by atoms with E-state index < -0.39 is 0 Å². The zero-order valence-corrected chi connectivity index (χ0v) is 18.2. The van der Waals surface area contributed by atoms with Gasteiger partial charge in [0.05, 0.1) is 12.6 Å². The molecule has 31 heavy (non-hydrogen) atoms. The average Bonchev–Trinajstić information content (AvgIpc) is 2.78. The van der Waals surface area contributed by atoms with Gasteiger partial charge >= 0.3 is 0 Å². The first kappa shape index (κ1) is 21.2. The molecule has 0 unspecified atom stereocenters. The normalized spacial score (nSPS) is 20.2. The molecule has 2 atom stereocenters. The van der Waals surface area contributed by atoms with Gasteiger partial charge in [-0.05, 0) is 79.4 Å². The molecule has 4 rings (SSSR count). The maximum Gasteiger partial charge on any atom is 0.224 e. The maximum absolute atomic E-state index is 12.4. The third-order valence-corrected chi connectivity index (χ3v) is 6.01. The molecule has 2 aromatic rings. The van der Waals surface area contributed by atoms with Gasteiger partial charge < -0.3 is 21.3 Å². The molecule has 0 aliphatic carbocycles. The number of amides is 1. The van der Waals surface area contributed by atoms with Crippen LogP contribution in [0.5, 0.6) is 0 Å². The SMILES string of the molecule is CC(=O)N1c2ccc(C3=CCNCC3)cc2[C@H](Nc2ccc(C#CCN)cc2)C[C@@H]1C. The molecule has 1 amide bonds. The van der Waals surface area contributed by atoms with Gasteiger partial charge in [0.15, 0.2) is 0 Å². The molecule has 5 heteroatoms. The number of nitrogens with one attached hydrogen (secondary N) is 2. The van der Waals surface area contributed by atoms with Crippen LogP contribution >= 0.6 is 0 Å². The molecular formula is C26H30N4O. The van der Waals surface area contributed by atoms with E-state index in [4.69, 9.17) is 5.73 Å². The van der Waals surface area contributed by atoms with E-state index in [0.29, 0.717) is 6.54 Å². The Labute approximate surface area is 184 Å². The third-order valence-electron chi connectivity index (χ3n) is 6.01. The minimum atomic E-state index is 0.0869. The van der Waals surface area contributed by atoms with Gasteiger partial charge in [-0.1, -0.05) is 24.0 Å². The summed E-state index contributed by atoms with van der Waals surface area (Å²) < 4.78 is 0. The number of carbonyl (C=O) groups excluding carboxylic acids is 1. The Morgan fingerprint density at radius 3 is 2.74 bits per heavy atom. The average molecular weight is 415 g/mol. The topological polar surface area (TPSA) is 70.4 Å². The predicted molar refractivity (Wildman–Crippen MR) is 128 cm³/mol. The molecule has 0 radical (unpaired) electrons. The monoisotopic (exact) mass is 414 g/mol. The molecule has 0 fully saturated rings. The number of hydrogen-bond acceptors (Lipinski definition) is 4. The van der Waals surface area contributed by atoms with E-state index in [0.717, 1.165) is 42.9 Å². The van der Waals surface area contributed by atoms with E-state index >= 15 is 0 Å². The van der Waals surface area contributed by atoms with E-state index in [-0.39, 0.29) is 18.0 Å². The first-order chi connectivity index (χ1) is 15.1. The quantitative estimate of drug-likeness (QED) is 0.670. The highest BCUT2D eigenvalue weighted by Crippen LogP contribution is 2.40. The molecule has 2 aromatic carbocycles. The van der Waals surface area contributed by atoms with Crippen LogP contribution in [0.2, 0.25) is 0 Å². The van der Waals surface area contributed by atoms with Crippen molar-refractivity contribution in [1.82, 2.24) is 5.32 Å². The first-order valence-corrected chi connectivity index (χ1v) is 11.0. The third kappa shape index (κ3) is 4.66. The van der Waals surface area contributed by atoms with Crippen molar-refractivity contribution in [3.05, 3.63) is 65.2 Å². The lowest BCUT2D eigenvalue weighted by molar-refractivity contribution is -0.117. The molecule has 0 saturated carbocycles. The summed E-state index contributed by atoms with van der Waals surface area (Å²) in [6.45, 7) is 6.04. The van der Waals surface area contributed by atoms with E-state index in [1.165, 1.54) is 16.7 Å². The number of hydrogen-bond donors (Lipinski definition) is 3. The van der Waals surface area contributed by atoms with Crippen molar-refractivity contribution in [3.8, 4) is 11.8 Å². The lowest BCUT2D eigenvalue weighted by Crippen LogP contribution is -2.43. The second-order valence-corrected chi connectivity index (χ2v) is 8.21. The second-order valence-electron chi connectivity index (χ2n) is 8.21. The number of nitrogens with zero attached hydrogens (tertiary/aromatic N) is 1. The van der Waals surface area contributed by atoms with Crippen molar-refractivity contribution in [2.24, 2.45) is 5.73 Å². The van der Waals surface area contributed by atoms with E-state index in [9.17, 15) is 4.79 Å². The highest BCUT2D eigenvalue weighted by molar-refractivity contribution is 5.94. The highest BCUT2D eigenvalue weighted by atomic mass is 16.2. The predicted octanol–water partition coefficient (Wildman–Crippen LogP) is 3.67. The van der Waals surface area contributed by atoms with Gasteiger partial charge in [0, 0.05) is 36.4 Å². The summed E-state index contributed by atoms with van der Waals surface area (Å²) in [5, 5.41) is 7.07. The summed E-state index contributed by atoms with van der Waals surface area (Å²) in [7, 11) is 0. The molecule has 0 aromatic heterocycles. The molecule has 2 aliphatic heterocycles. The zero-order valence-electron chi connectivity index (χ0n) is 18.2. The van der Waals surface area contributed by atoms with Crippen LogP contribution in [0.15, 0.2) is 48.5 Å². The molecule has 4 N–H and O–H groups in total. The minimum Gasteiger partial charge on any atom is -0.378 e. The highest BCUT2D eigenvalue weighted by Gasteiger charge is 2.32. The fraction of sp³-hybridized carbons (Fsp3) is 0.346. The van der Waals surface area contributed by atoms with E-state index in [1.54, 1.807) is 6.92 Å². The number of benzene rings is 2. The Morgan fingerprint density at radius 2 is 2.06 bits per heavy atom. The largest absolute Gasteiger partial charge is 0.378 e. The smallest absolute Gasteiger partial charge is 0.224 e. The van der Waals surface area contributed by atoms with Crippen LogP contribution in [0.4, 0.5) is 11.4 Å². The van der Waals surface area contributed by atoms with Crippen molar-refractivity contribution in [1.29, 1.82) is 0 Å².